The number of aromatic hydroxyl groups is 1. The Kier molecular flexibility index (Phi) is 5.30. The molecule has 0 bridgehead atoms. The van der Waals surface area contributed by atoms with Gasteiger partial charge in [0.05, 0.1) is 5.56 Å². The van der Waals surface area contributed by atoms with E-state index in [1.165, 1.54) is 31.2 Å². The molecule has 0 amide bonds. The van der Waals surface area contributed by atoms with Gasteiger partial charge in [-0.3, -0.25) is 4.79 Å². The predicted octanol–water partition coefficient (Wildman–Crippen LogP) is 3.16. The highest BCUT2D eigenvalue weighted by atomic mass is 16.6. The SMILES string of the molecule is CC(=O)OC[C@]12CCCC(C)[C@@H]1[C@H](OC(=O)c1ccc(O)cc1)CC1=C2COC1=O. The summed E-state index contributed by atoms with van der Waals surface area (Å²) in [6, 6.07) is 5.87. The maximum absolute atomic E-state index is 12.8. The molecular weight excluding hydrogens is 388 g/mol. The monoisotopic (exact) mass is 414 g/mol. The van der Waals surface area contributed by atoms with Gasteiger partial charge in [0.1, 0.15) is 25.1 Å². The summed E-state index contributed by atoms with van der Waals surface area (Å²) in [5.41, 5.74) is 1.22. The van der Waals surface area contributed by atoms with E-state index in [4.69, 9.17) is 14.2 Å². The maximum atomic E-state index is 12.8. The molecule has 30 heavy (non-hydrogen) atoms. The van der Waals surface area contributed by atoms with Crippen LogP contribution in [0.1, 0.15) is 49.9 Å². The Labute approximate surface area is 175 Å². The van der Waals surface area contributed by atoms with Crippen LogP contribution < -0.4 is 0 Å². The molecule has 1 aromatic rings. The van der Waals surface area contributed by atoms with Gasteiger partial charge in [-0.15, -0.1) is 0 Å². The van der Waals surface area contributed by atoms with Gasteiger partial charge in [-0.05, 0) is 42.2 Å². The minimum Gasteiger partial charge on any atom is -0.508 e. The fourth-order valence-electron chi connectivity index (χ4n) is 5.52. The first-order valence-electron chi connectivity index (χ1n) is 10.3. The molecule has 0 radical (unpaired) electrons. The summed E-state index contributed by atoms with van der Waals surface area (Å²) in [5, 5.41) is 9.47. The number of hydrogen-bond donors (Lipinski definition) is 1. The van der Waals surface area contributed by atoms with E-state index in [1.807, 2.05) is 0 Å². The second-order valence-electron chi connectivity index (χ2n) is 8.56. The van der Waals surface area contributed by atoms with E-state index in [1.54, 1.807) is 0 Å². The molecule has 1 aromatic carbocycles. The van der Waals surface area contributed by atoms with Gasteiger partial charge in [-0.2, -0.15) is 0 Å². The van der Waals surface area contributed by atoms with Crippen LogP contribution in [0.3, 0.4) is 0 Å². The standard InChI is InChI=1S/C23H26O7/c1-13-4-3-9-23(12-29-14(2)24)18-11-28-22(27)17(18)10-19(20(13)23)30-21(26)15-5-7-16(25)8-6-15/h5-8,13,19-20,25H,3-4,9-12H2,1-2H3/t13?,19-,20-,23+/m1/s1. The molecular formula is C23H26O7. The Morgan fingerprint density at radius 3 is 2.70 bits per heavy atom. The normalized spacial score (nSPS) is 30.2. The summed E-state index contributed by atoms with van der Waals surface area (Å²) < 4.78 is 16.8. The number of phenolic OH excluding ortho intramolecular Hbond substituents is 1. The third-order valence-electron chi connectivity index (χ3n) is 6.79. The van der Waals surface area contributed by atoms with Gasteiger partial charge < -0.3 is 19.3 Å². The van der Waals surface area contributed by atoms with E-state index in [0.29, 0.717) is 17.6 Å². The van der Waals surface area contributed by atoms with Gasteiger partial charge in [0.15, 0.2) is 0 Å². The zero-order valence-corrected chi connectivity index (χ0v) is 17.2. The van der Waals surface area contributed by atoms with Gasteiger partial charge in [0, 0.05) is 30.3 Å². The number of fused-ring (bicyclic) bond motifs is 2. The summed E-state index contributed by atoms with van der Waals surface area (Å²) in [7, 11) is 0. The zero-order valence-electron chi connectivity index (χ0n) is 17.2. The van der Waals surface area contributed by atoms with Crippen LogP contribution in [0.25, 0.3) is 0 Å². The topological polar surface area (TPSA) is 99.1 Å². The van der Waals surface area contributed by atoms with Crippen LogP contribution in [-0.4, -0.2) is 42.3 Å². The number of cyclic esters (lactones) is 1. The Morgan fingerprint density at radius 2 is 2.00 bits per heavy atom. The third-order valence-corrected chi connectivity index (χ3v) is 6.79. The van der Waals surface area contributed by atoms with Crippen molar-refractivity contribution in [3.05, 3.63) is 41.0 Å². The first kappa shape index (κ1) is 20.4. The third kappa shape index (κ3) is 3.46. The molecule has 0 saturated heterocycles. The van der Waals surface area contributed by atoms with Crippen LogP contribution in [0.4, 0.5) is 0 Å². The van der Waals surface area contributed by atoms with Gasteiger partial charge in [0.25, 0.3) is 0 Å². The molecule has 0 aromatic heterocycles. The second kappa shape index (κ2) is 7.78. The van der Waals surface area contributed by atoms with E-state index in [0.717, 1.165) is 24.8 Å². The van der Waals surface area contributed by atoms with Crippen molar-refractivity contribution in [2.75, 3.05) is 13.2 Å². The summed E-state index contributed by atoms with van der Waals surface area (Å²) in [6.45, 7) is 3.85. The molecule has 1 saturated carbocycles. The van der Waals surface area contributed by atoms with Crippen molar-refractivity contribution in [2.45, 2.75) is 45.6 Å². The molecule has 1 N–H and O–H groups in total. The number of rotatable bonds is 4. The van der Waals surface area contributed by atoms with Crippen molar-refractivity contribution < 1.29 is 33.7 Å². The summed E-state index contributed by atoms with van der Waals surface area (Å²) in [6.07, 6.45) is 2.42. The second-order valence-corrected chi connectivity index (χ2v) is 8.56. The fourth-order valence-corrected chi connectivity index (χ4v) is 5.52. The largest absolute Gasteiger partial charge is 0.508 e. The van der Waals surface area contributed by atoms with E-state index in [-0.39, 0.29) is 42.7 Å². The highest BCUT2D eigenvalue weighted by Crippen LogP contribution is 2.57. The number of carbonyl (C=O) groups is 3. The van der Waals surface area contributed by atoms with Crippen LogP contribution in [0.5, 0.6) is 5.75 Å². The van der Waals surface area contributed by atoms with Crippen molar-refractivity contribution in [2.24, 2.45) is 17.3 Å². The molecule has 1 unspecified atom stereocenters. The van der Waals surface area contributed by atoms with Crippen LogP contribution in [0, 0.1) is 17.3 Å². The molecule has 0 spiro atoms. The van der Waals surface area contributed by atoms with Gasteiger partial charge in [0.2, 0.25) is 0 Å². The van der Waals surface area contributed by atoms with Crippen LogP contribution in [0.15, 0.2) is 35.4 Å². The lowest BCUT2D eigenvalue weighted by atomic mass is 9.53. The first-order valence-corrected chi connectivity index (χ1v) is 10.3. The molecule has 4 atom stereocenters. The predicted molar refractivity (Wildman–Crippen MR) is 105 cm³/mol. The number of esters is 3. The van der Waals surface area contributed by atoms with Gasteiger partial charge in [-0.1, -0.05) is 19.8 Å². The summed E-state index contributed by atoms with van der Waals surface area (Å²) in [4.78, 5) is 36.9. The fraction of sp³-hybridized carbons (Fsp3) is 0.522. The molecule has 160 valence electrons. The highest BCUT2D eigenvalue weighted by molar-refractivity contribution is 5.93. The van der Waals surface area contributed by atoms with E-state index in [2.05, 4.69) is 6.92 Å². The van der Waals surface area contributed by atoms with Crippen LogP contribution in [0.2, 0.25) is 0 Å². The average Bonchev–Trinajstić information content (AvgIpc) is 3.08. The van der Waals surface area contributed by atoms with E-state index < -0.39 is 17.5 Å². The summed E-state index contributed by atoms with van der Waals surface area (Å²) in [5.74, 6) is -1.06. The molecule has 1 fully saturated rings. The van der Waals surface area contributed by atoms with Crippen molar-refractivity contribution in [1.82, 2.24) is 0 Å². The number of benzene rings is 1. The van der Waals surface area contributed by atoms with E-state index >= 15 is 0 Å². The lowest BCUT2D eigenvalue weighted by Crippen LogP contribution is -2.53. The van der Waals surface area contributed by atoms with Crippen molar-refractivity contribution in [1.29, 1.82) is 0 Å². The van der Waals surface area contributed by atoms with Crippen molar-refractivity contribution in [3.8, 4) is 5.75 Å². The Balaban J connectivity index is 1.70. The quantitative estimate of drug-likeness (QED) is 0.597. The maximum Gasteiger partial charge on any atom is 0.338 e. The number of phenols is 1. The number of hydrogen-bond acceptors (Lipinski definition) is 7. The smallest absolute Gasteiger partial charge is 0.338 e. The molecule has 7 heteroatoms. The zero-order chi connectivity index (χ0) is 21.5. The molecule has 1 heterocycles. The molecule has 3 aliphatic rings. The van der Waals surface area contributed by atoms with Crippen molar-refractivity contribution >= 4 is 17.9 Å². The van der Waals surface area contributed by atoms with Crippen LogP contribution >= 0.6 is 0 Å². The van der Waals surface area contributed by atoms with Crippen LogP contribution in [-0.2, 0) is 23.8 Å². The number of ether oxygens (including phenoxy) is 3. The number of carbonyl (C=O) groups excluding carboxylic acids is 3. The van der Waals surface area contributed by atoms with Gasteiger partial charge >= 0.3 is 17.9 Å². The summed E-state index contributed by atoms with van der Waals surface area (Å²) >= 11 is 0. The molecule has 2 aliphatic carbocycles. The first-order chi connectivity index (χ1) is 14.3. The highest BCUT2D eigenvalue weighted by Gasteiger charge is 2.58. The Bertz CT molecular complexity index is 901. The van der Waals surface area contributed by atoms with Gasteiger partial charge in [-0.25, -0.2) is 9.59 Å². The lowest BCUT2D eigenvalue weighted by molar-refractivity contribution is -0.150. The minimum atomic E-state index is -0.566. The van der Waals surface area contributed by atoms with Crippen molar-refractivity contribution in [3.63, 3.8) is 0 Å². The molecule has 1 aliphatic heterocycles. The molecule has 4 rings (SSSR count). The Morgan fingerprint density at radius 1 is 1.27 bits per heavy atom. The minimum absolute atomic E-state index is 0.0639. The molecule has 7 nitrogen and oxygen atoms in total. The van der Waals surface area contributed by atoms with E-state index in [9.17, 15) is 19.5 Å². The average molecular weight is 414 g/mol. The lowest BCUT2D eigenvalue weighted by Gasteiger charge is -2.52. The Hall–Kier alpha value is -2.83.